The second-order valence-corrected chi connectivity index (χ2v) is 3.73. The fourth-order valence-electron chi connectivity index (χ4n) is 1.56. The van der Waals surface area contributed by atoms with Crippen LogP contribution in [0.3, 0.4) is 0 Å². The van der Waals surface area contributed by atoms with Crippen molar-refractivity contribution in [1.82, 2.24) is 0 Å². The lowest BCUT2D eigenvalue weighted by Gasteiger charge is -2.07. The molecule has 4 nitrogen and oxygen atoms in total. The minimum Gasteiger partial charge on any atom is -0.507 e. The number of hydrogen-bond donors (Lipinski definition) is 1. The molecule has 0 bridgehead atoms. The molecule has 2 aromatic rings. The molecule has 1 aromatic carbocycles. The topological polar surface area (TPSA) is 59.7 Å². The molecular weight excluding hydrogens is 232 g/mol. The number of fused-ring (bicyclic) bond motifs is 1. The first kappa shape index (κ1) is 10.8. The van der Waals surface area contributed by atoms with Crippen LogP contribution in [-0.4, -0.2) is 12.2 Å². The van der Waals surface area contributed by atoms with Gasteiger partial charge in [-0.3, -0.25) is 0 Å². The predicted molar refractivity (Wildman–Crippen MR) is 60.4 cm³/mol. The van der Waals surface area contributed by atoms with Crippen LogP contribution in [0.25, 0.3) is 11.0 Å². The highest BCUT2D eigenvalue weighted by atomic mass is 35.5. The van der Waals surface area contributed by atoms with E-state index in [0.29, 0.717) is 16.7 Å². The lowest BCUT2D eigenvalue weighted by atomic mass is 10.1. The molecule has 0 amide bonds. The summed E-state index contributed by atoms with van der Waals surface area (Å²) < 4.78 is 9.93. The lowest BCUT2D eigenvalue weighted by Crippen LogP contribution is -2.02. The Morgan fingerprint density at radius 3 is 2.75 bits per heavy atom. The molecule has 0 atom stereocenters. The zero-order valence-electron chi connectivity index (χ0n) is 8.70. The summed E-state index contributed by atoms with van der Waals surface area (Å²) >= 11 is 5.75. The Balaban J connectivity index is 2.96. The Kier molecular flexibility index (Phi) is 2.52. The van der Waals surface area contributed by atoms with Crippen molar-refractivity contribution < 1.29 is 14.3 Å². The summed E-state index contributed by atoms with van der Waals surface area (Å²) in [6.45, 7) is 1.65. The van der Waals surface area contributed by atoms with Crippen LogP contribution in [0.5, 0.6) is 11.5 Å². The van der Waals surface area contributed by atoms with Crippen molar-refractivity contribution >= 4 is 22.6 Å². The SMILES string of the molecule is COc1cc(O)c2c(C)c(Cl)c(=O)oc2c1. The maximum absolute atomic E-state index is 11.3. The van der Waals surface area contributed by atoms with Crippen LogP contribution in [0, 0.1) is 6.92 Å². The molecule has 84 valence electrons. The molecule has 1 N–H and O–H groups in total. The molecule has 1 heterocycles. The number of halogens is 1. The van der Waals surface area contributed by atoms with E-state index in [1.165, 1.54) is 19.2 Å². The average molecular weight is 241 g/mol. The van der Waals surface area contributed by atoms with Gasteiger partial charge in [-0.1, -0.05) is 11.6 Å². The molecule has 0 aliphatic heterocycles. The molecule has 1 aromatic heterocycles. The third kappa shape index (κ3) is 1.51. The van der Waals surface area contributed by atoms with Gasteiger partial charge >= 0.3 is 5.63 Å². The van der Waals surface area contributed by atoms with Crippen LogP contribution in [0.15, 0.2) is 21.3 Å². The number of hydrogen-bond acceptors (Lipinski definition) is 4. The zero-order valence-corrected chi connectivity index (χ0v) is 9.46. The molecule has 2 rings (SSSR count). The first-order chi connectivity index (χ1) is 7.54. The fraction of sp³-hybridized carbons (Fsp3) is 0.182. The van der Waals surface area contributed by atoms with E-state index < -0.39 is 5.63 Å². The molecule has 0 saturated heterocycles. The van der Waals surface area contributed by atoms with Crippen molar-refractivity contribution in [3.8, 4) is 11.5 Å². The normalized spacial score (nSPS) is 10.7. The van der Waals surface area contributed by atoms with Gasteiger partial charge in [-0.25, -0.2) is 4.79 Å². The van der Waals surface area contributed by atoms with Crippen LogP contribution < -0.4 is 10.4 Å². The first-order valence-electron chi connectivity index (χ1n) is 4.54. The number of aromatic hydroxyl groups is 1. The molecule has 5 heteroatoms. The number of rotatable bonds is 1. The molecule has 0 aliphatic carbocycles. The van der Waals surface area contributed by atoms with Crippen molar-refractivity contribution in [2.75, 3.05) is 7.11 Å². The zero-order chi connectivity index (χ0) is 11.9. The summed E-state index contributed by atoms with van der Waals surface area (Å²) in [4.78, 5) is 11.3. The van der Waals surface area contributed by atoms with E-state index in [0.717, 1.165) is 0 Å². The Morgan fingerprint density at radius 2 is 2.12 bits per heavy atom. The molecule has 0 fully saturated rings. The highest BCUT2D eigenvalue weighted by Crippen LogP contribution is 2.33. The Bertz CT molecular complexity index is 615. The number of phenolic OH excluding ortho intramolecular Hbond substituents is 1. The maximum atomic E-state index is 11.3. The predicted octanol–water partition coefficient (Wildman–Crippen LogP) is 2.47. The summed E-state index contributed by atoms with van der Waals surface area (Å²) in [6, 6.07) is 2.96. The highest BCUT2D eigenvalue weighted by molar-refractivity contribution is 6.32. The molecule has 16 heavy (non-hydrogen) atoms. The van der Waals surface area contributed by atoms with Crippen molar-refractivity contribution in [2.24, 2.45) is 0 Å². The van der Waals surface area contributed by atoms with Gasteiger partial charge in [-0.15, -0.1) is 0 Å². The van der Waals surface area contributed by atoms with Crippen LogP contribution in [0.1, 0.15) is 5.56 Å². The van der Waals surface area contributed by atoms with E-state index in [1.54, 1.807) is 6.92 Å². The summed E-state index contributed by atoms with van der Waals surface area (Å²) in [5.41, 5.74) is 0.121. The third-order valence-electron chi connectivity index (χ3n) is 2.38. The Hall–Kier alpha value is -1.68. The van der Waals surface area contributed by atoms with Crippen LogP contribution >= 0.6 is 11.6 Å². The van der Waals surface area contributed by atoms with Gasteiger partial charge in [0.2, 0.25) is 0 Å². The van der Waals surface area contributed by atoms with Gasteiger partial charge in [0.1, 0.15) is 22.1 Å². The summed E-state index contributed by atoms with van der Waals surface area (Å²) in [5.74, 6) is 0.382. The standard InChI is InChI=1S/C11H9ClO4/c1-5-9-7(13)3-6(15-2)4-8(9)16-11(14)10(5)12/h3-4,13H,1-2H3. The van der Waals surface area contributed by atoms with Crippen LogP contribution in [0.2, 0.25) is 5.02 Å². The van der Waals surface area contributed by atoms with E-state index in [-0.39, 0.29) is 16.4 Å². The number of phenols is 1. The molecular formula is C11H9ClO4. The fourth-order valence-corrected chi connectivity index (χ4v) is 1.69. The van der Waals surface area contributed by atoms with Gasteiger partial charge in [0.05, 0.1) is 12.5 Å². The second-order valence-electron chi connectivity index (χ2n) is 3.35. The van der Waals surface area contributed by atoms with E-state index in [1.807, 2.05) is 0 Å². The third-order valence-corrected chi connectivity index (χ3v) is 2.81. The van der Waals surface area contributed by atoms with Crippen molar-refractivity contribution in [3.63, 3.8) is 0 Å². The second kappa shape index (κ2) is 3.72. The van der Waals surface area contributed by atoms with Gasteiger partial charge in [-0.05, 0) is 12.5 Å². The van der Waals surface area contributed by atoms with Gasteiger partial charge in [0.15, 0.2) is 0 Å². The number of benzene rings is 1. The van der Waals surface area contributed by atoms with E-state index in [2.05, 4.69) is 0 Å². The lowest BCUT2D eigenvalue weighted by molar-refractivity contribution is 0.407. The Labute approximate surface area is 96.0 Å². The quantitative estimate of drug-likeness (QED) is 0.778. The van der Waals surface area contributed by atoms with Crippen LogP contribution in [-0.2, 0) is 0 Å². The first-order valence-corrected chi connectivity index (χ1v) is 4.92. The van der Waals surface area contributed by atoms with Gasteiger partial charge in [0, 0.05) is 12.1 Å². The van der Waals surface area contributed by atoms with Gasteiger partial charge < -0.3 is 14.3 Å². The van der Waals surface area contributed by atoms with Crippen molar-refractivity contribution in [3.05, 3.63) is 33.1 Å². The van der Waals surface area contributed by atoms with Gasteiger partial charge in [0.25, 0.3) is 0 Å². The number of aryl methyl sites for hydroxylation is 1. The smallest absolute Gasteiger partial charge is 0.355 e. The highest BCUT2D eigenvalue weighted by Gasteiger charge is 2.13. The van der Waals surface area contributed by atoms with Crippen LogP contribution in [0.4, 0.5) is 0 Å². The summed E-state index contributed by atoms with van der Waals surface area (Å²) in [7, 11) is 1.46. The average Bonchev–Trinajstić information content (AvgIpc) is 2.25. The molecule has 0 radical (unpaired) electrons. The minimum absolute atomic E-state index is 0.0204. The molecule has 0 saturated carbocycles. The van der Waals surface area contributed by atoms with Gasteiger partial charge in [-0.2, -0.15) is 0 Å². The molecule has 0 aliphatic rings. The monoisotopic (exact) mass is 240 g/mol. The summed E-state index contributed by atoms with van der Waals surface area (Å²) in [5, 5.41) is 10.2. The van der Waals surface area contributed by atoms with Crippen molar-refractivity contribution in [1.29, 1.82) is 0 Å². The maximum Gasteiger partial charge on any atom is 0.355 e. The summed E-state index contributed by atoms with van der Waals surface area (Å²) in [6.07, 6.45) is 0. The number of ether oxygens (including phenoxy) is 1. The largest absolute Gasteiger partial charge is 0.507 e. The number of methoxy groups -OCH3 is 1. The molecule has 0 spiro atoms. The molecule has 0 unspecified atom stereocenters. The minimum atomic E-state index is -0.626. The Morgan fingerprint density at radius 1 is 1.44 bits per heavy atom. The van der Waals surface area contributed by atoms with E-state index >= 15 is 0 Å². The van der Waals surface area contributed by atoms with Crippen molar-refractivity contribution in [2.45, 2.75) is 6.92 Å². The van der Waals surface area contributed by atoms with E-state index in [4.69, 9.17) is 20.8 Å². The van der Waals surface area contributed by atoms with E-state index in [9.17, 15) is 9.90 Å².